The second kappa shape index (κ2) is 6.40. The lowest BCUT2D eigenvalue weighted by molar-refractivity contribution is -0.132. The van der Waals surface area contributed by atoms with Gasteiger partial charge in [-0.25, -0.2) is 0 Å². The molecule has 1 aromatic rings. The maximum atomic E-state index is 12.4. The molecule has 0 aromatic heterocycles. The summed E-state index contributed by atoms with van der Waals surface area (Å²) in [6, 6.07) is 10.8. The number of nitrogens with two attached hydrogens (primary N) is 1. The van der Waals surface area contributed by atoms with Gasteiger partial charge in [-0.05, 0) is 45.1 Å². The molecule has 1 aromatic carbocycles. The fraction of sp³-hybridized carbons (Fsp3) is 0.588. The standard InChI is InChI=1S/C17H26N2O/c1-17(2,18)11-10-16(20)19-12-6-9-15(19)13-14-7-4-3-5-8-14/h3-5,7-8,15H,6,9-13,18H2,1-2H3. The van der Waals surface area contributed by atoms with E-state index in [1.165, 1.54) is 5.56 Å². The van der Waals surface area contributed by atoms with E-state index >= 15 is 0 Å². The van der Waals surface area contributed by atoms with Crippen molar-refractivity contribution in [3.05, 3.63) is 35.9 Å². The monoisotopic (exact) mass is 274 g/mol. The van der Waals surface area contributed by atoms with Crippen LogP contribution in [0.15, 0.2) is 30.3 Å². The van der Waals surface area contributed by atoms with Crippen LogP contribution < -0.4 is 5.73 Å². The van der Waals surface area contributed by atoms with Crippen LogP contribution in [0.2, 0.25) is 0 Å². The van der Waals surface area contributed by atoms with Crippen molar-refractivity contribution < 1.29 is 4.79 Å². The van der Waals surface area contributed by atoms with Gasteiger partial charge in [0.25, 0.3) is 0 Å². The molecule has 3 nitrogen and oxygen atoms in total. The van der Waals surface area contributed by atoms with Gasteiger partial charge in [0.05, 0.1) is 0 Å². The van der Waals surface area contributed by atoms with Crippen LogP contribution in [0.4, 0.5) is 0 Å². The third-order valence-corrected chi connectivity index (χ3v) is 3.99. The van der Waals surface area contributed by atoms with Crippen molar-refractivity contribution >= 4 is 5.91 Å². The first-order valence-electron chi connectivity index (χ1n) is 7.58. The minimum absolute atomic E-state index is 0.260. The molecule has 1 atom stereocenters. The largest absolute Gasteiger partial charge is 0.339 e. The number of rotatable bonds is 5. The van der Waals surface area contributed by atoms with Gasteiger partial charge in [0, 0.05) is 24.5 Å². The first kappa shape index (κ1) is 15.0. The summed E-state index contributed by atoms with van der Waals surface area (Å²) in [5, 5.41) is 0. The van der Waals surface area contributed by atoms with E-state index in [-0.39, 0.29) is 11.4 Å². The van der Waals surface area contributed by atoms with Gasteiger partial charge in [-0.15, -0.1) is 0 Å². The third-order valence-electron chi connectivity index (χ3n) is 3.99. The molecule has 20 heavy (non-hydrogen) atoms. The Hall–Kier alpha value is -1.35. The molecule has 0 saturated carbocycles. The Balaban J connectivity index is 1.92. The molecule has 2 rings (SSSR count). The number of amides is 1. The lowest BCUT2D eigenvalue weighted by atomic mass is 9.99. The van der Waals surface area contributed by atoms with Crippen molar-refractivity contribution in [2.45, 2.75) is 57.5 Å². The quantitative estimate of drug-likeness (QED) is 0.897. The fourth-order valence-corrected chi connectivity index (χ4v) is 2.84. The van der Waals surface area contributed by atoms with Crippen molar-refractivity contribution in [1.82, 2.24) is 4.90 Å². The molecule has 3 heteroatoms. The van der Waals surface area contributed by atoms with E-state index in [2.05, 4.69) is 29.2 Å². The summed E-state index contributed by atoms with van der Waals surface area (Å²) < 4.78 is 0. The van der Waals surface area contributed by atoms with Gasteiger partial charge in [0.2, 0.25) is 5.91 Å². The predicted octanol–water partition coefficient (Wildman–Crippen LogP) is 2.74. The second-order valence-corrected chi connectivity index (χ2v) is 6.56. The molecule has 2 N–H and O–H groups in total. The lowest BCUT2D eigenvalue weighted by Gasteiger charge is -2.26. The average molecular weight is 274 g/mol. The van der Waals surface area contributed by atoms with Crippen LogP contribution in [-0.2, 0) is 11.2 Å². The van der Waals surface area contributed by atoms with E-state index in [0.717, 1.165) is 32.2 Å². The SMILES string of the molecule is CC(C)(N)CCC(=O)N1CCCC1Cc1ccccc1. The molecule has 1 aliphatic heterocycles. The number of hydrogen-bond donors (Lipinski definition) is 1. The van der Waals surface area contributed by atoms with Crippen molar-refractivity contribution in [2.75, 3.05) is 6.54 Å². The van der Waals surface area contributed by atoms with Crippen LogP contribution in [0.3, 0.4) is 0 Å². The number of benzene rings is 1. The zero-order valence-corrected chi connectivity index (χ0v) is 12.6. The van der Waals surface area contributed by atoms with Crippen LogP contribution in [0.1, 0.15) is 45.1 Å². The summed E-state index contributed by atoms with van der Waals surface area (Å²) in [6.45, 7) is 4.86. The summed E-state index contributed by atoms with van der Waals surface area (Å²) in [4.78, 5) is 14.4. The molecule has 1 amide bonds. The Bertz CT molecular complexity index is 436. The molecule has 0 spiro atoms. The number of nitrogens with zero attached hydrogens (tertiary/aromatic N) is 1. The highest BCUT2D eigenvalue weighted by Gasteiger charge is 2.29. The van der Waals surface area contributed by atoms with Gasteiger partial charge < -0.3 is 10.6 Å². The molecule has 0 bridgehead atoms. The van der Waals surface area contributed by atoms with E-state index in [0.29, 0.717) is 12.5 Å². The Kier molecular flexibility index (Phi) is 4.81. The highest BCUT2D eigenvalue weighted by molar-refractivity contribution is 5.77. The number of carbonyl (C=O) groups is 1. The normalized spacial score (nSPS) is 19.4. The molecular weight excluding hydrogens is 248 g/mol. The smallest absolute Gasteiger partial charge is 0.222 e. The van der Waals surface area contributed by atoms with Crippen LogP contribution in [-0.4, -0.2) is 28.9 Å². The van der Waals surface area contributed by atoms with Gasteiger partial charge in [0.15, 0.2) is 0 Å². The summed E-state index contributed by atoms with van der Waals surface area (Å²) in [5.74, 6) is 0.266. The zero-order chi connectivity index (χ0) is 14.6. The van der Waals surface area contributed by atoms with Gasteiger partial charge in [-0.3, -0.25) is 4.79 Å². The summed E-state index contributed by atoms with van der Waals surface area (Å²) in [5.41, 5.74) is 7.03. The fourth-order valence-electron chi connectivity index (χ4n) is 2.84. The molecule has 1 saturated heterocycles. The molecule has 1 aliphatic rings. The van der Waals surface area contributed by atoms with E-state index in [1.807, 2.05) is 19.9 Å². The van der Waals surface area contributed by atoms with Crippen molar-refractivity contribution in [3.63, 3.8) is 0 Å². The van der Waals surface area contributed by atoms with E-state index < -0.39 is 0 Å². The predicted molar refractivity (Wildman–Crippen MR) is 82.4 cm³/mol. The molecular formula is C17H26N2O. The maximum Gasteiger partial charge on any atom is 0.222 e. The topological polar surface area (TPSA) is 46.3 Å². The van der Waals surface area contributed by atoms with Crippen molar-refractivity contribution in [3.8, 4) is 0 Å². The van der Waals surface area contributed by atoms with Gasteiger partial charge in [-0.2, -0.15) is 0 Å². The molecule has 110 valence electrons. The number of carbonyl (C=O) groups excluding carboxylic acids is 1. The Morgan fingerprint density at radius 1 is 1.35 bits per heavy atom. The van der Waals surface area contributed by atoms with Crippen molar-refractivity contribution in [2.24, 2.45) is 5.73 Å². The summed E-state index contributed by atoms with van der Waals surface area (Å²) in [7, 11) is 0. The minimum Gasteiger partial charge on any atom is -0.339 e. The first-order valence-corrected chi connectivity index (χ1v) is 7.58. The lowest BCUT2D eigenvalue weighted by Crippen LogP contribution is -2.39. The van der Waals surface area contributed by atoms with Crippen LogP contribution in [0, 0.1) is 0 Å². The van der Waals surface area contributed by atoms with Gasteiger partial charge in [0.1, 0.15) is 0 Å². The molecule has 0 radical (unpaired) electrons. The van der Waals surface area contributed by atoms with Crippen LogP contribution in [0.25, 0.3) is 0 Å². The Morgan fingerprint density at radius 3 is 2.70 bits per heavy atom. The van der Waals surface area contributed by atoms with Gasteiger partial charge in [-0.1, -0.05) is 30.3 Å². The average Bonchev–Trinajstić information content (AvgIpc) is 2.84. The zero-order valence-electron chi connectivity index (χ0n) is 12.6. The van der Waals surface area contributed by atoms with Crippen LogP contribution in [0.5, 0.6) is 0 Å². The molecule has 1 fully saturated rings. The highest BCUT2D eigenvalue weighted by Crippen LogP contribution is 2.23. The summed E-state index contributed by atoms with van der Waals surface area (Å²) >= 11 is 0. The molecule has 1 unspecified atom stereocenters. The second-order valence-electron chi connectivity index (χ2n) is 6.56. The van der Waals surface area contributed by atoms with Crippen molar-refractivity contribution in [1.29, 1.82) is 0 Å². The van der Waals surface area contributed by atoms with E-state index in [9.17, 15) is 4.79 Å². The Labute approximate surface area is 122 Å². The van der Waals surface area contributed by atoms with Gasteiger partial charge >= 0.3 is 0 Å². The molecule has 0 aliphatic carbocycles. The van der Waals surface area contributed by atoms with E-state index in [4.69, 9.17) is 5.73 Å². The highest BCUT2D eigenvalue weighted by atomic mass is 16.2. The minimum atomic E-state index is -0.260. The summed E-state index contributed by atoms with van der Waals surface area (Å²) in [6.07, 6.45) is 4.52. The number of hydrogen-bond acceptors (Lipinski definition) is 2. The Morgan fingerprint density at radius 2 is 2.05 bits per heavy atom. The van der Waals surface area contributed by atoms with E-state index in [1.54, 1.807) is 0 Å². The molecule has 1 heterocycles. The third kappa shape index (κ3) is 4.34. The number of likely N-dealkylation sites (tertiary alicyclic amines) is 1. The van der Waals surface area contributed by atoms with Crippen LogP contribution >= 0.6 is 0 Å². The first-order chi connectivity index (χ1) is 9.46. The maximum absolute atomic E-state index is 12.4.